The van der Waals surface area contributed by atoms with Crippen LogP contribution in [-0.4, -0.2) is 25.2 Å². The molecule has 18 heavy (non-hydrogen) atoms. The van der Waals surface area contributed by atoms with Gasteiger partial charge >= 0.3 is 11.9 Å². The van der Waals surface area contributed by atoms with Gasteiger partial charge in [0.15, 0.2) is 0 Å². The van der Waals surface area contributed by atoms with E-state index in [0.29, 0.717) is 25.0 Å². The quantitative estimate of drug-likeness (QED) is 0.725. The Morgan fingerprint density at radius 2 is 1.22 bits per heavy atom. The summed E-state index contributed by atoms with van der Waals surface area (Å²) in [6.45, 7) is 8.09. The van der Waals surface area contributed by atoms with Crippen LogP contribution in [0.4, 0.5) is 0 Å². The molecule has 0 aliphatic heterocycles. The second-order valence-electron chi connectivity index (χ2n) is 5.46. The number of ether oxygens (including phenoxy) is 2. The van der Waals surface area contributed by atoms with E-state index in [2.05, 4.69) is 13.8 Å². The number of esters is 2. The summed E-state index contributed by atoms with van der Waals surface area (Å²) in [5.74, 6) is 1.09. The van der Waals surface area contributed by atoms with Crippen molar-refractivity contribution in [2.75, 3.05) is 13.2 Å². The highest BCUT2D eigenvalue weighted by atomic mass is 16.5. The molecule has 1 rings (SSSR count). The van der Waals surface area contributed by atoms with Crippen molar-refractivity contribution in [1.29, 1.82) is 0 Å². The zero-order chi connectivity index (χ0) is 13.7. The standard InChI is InChI=1S/C14H24O4/c1-9-5-6-10(2)14(8-18-12(4)16)13(9)7-17-11(3)15/h9-10,13-14H,5-8H2,1-4H3/t9-,10-,13-,14+/m0/s1. The lowest BCUT2D eigenvalue weighted by Crippen LogP contribution is -2.38. The maximum Gasteiger partial charge on any atom is 0.302 e. The number of hydrogen-bond acceptors (Lipinski definition) is 4. The van der Waals surface area contributed by atoms with Crippen LogP contribution in [0.5, 0.6) is 0 Å². The third kappa shape index (κ3) is 4.31. The fourth-order valence-corrected chi connectivity index (χ4v) is 2.80. The van der Waals surface area contributed by atoms with Crippen LogP contribution >= 0.6 is 0 Å². The molecular formula is C14H24O4. The van der Waals surface area contributed by atoms with E-state index in [1.54, 1.807) is 0 Å². The van der Waals surface area contributed by atoms with Crippen LogP contribution in [0.15, 0.2) is 0 Å². The predicted molar refractivity (Wildman–Crippen MR) is 67.8 cm³/mol. The first-order valence-electron chi connectivity index (χ1n) is 6.68. The molecule has 0 unspecified atom stereocenters. The molecule has 4 atom stereocenters. The van der Waals surface area contributed by atoms with Crippen molar-refractivity contribution < 1.29 is 19.1 Å². The summed E-state index contributed by atoms with van der Waals surface area (Å²) < 4.78 is 10.3. The minimum absolute atomic E-state index is 0.244. The molecule has 4 heteroatoms. The van der Waals surface area contributed by atoms with E-state index in [0.717, 1.165) is 12.8 Å². The second kappa shape index (κ2) is 6.76. The number of rotatable bonds is 4. The predicted octanol–water partition coefficient (Wildman–Crippen LogP) is 2.41. The van der Waals surface area contributed by atoms with Crippen LogP contribution in [0.3, 0.4) is 0 Å². The van der Waals surface area contributed by atoms with Crippen molar-refractivity contribution in [3.63, 3.8) is 0 Å². The van der Waals surface area contributed by atoms with Crippen LogP contribution in [0.1, 0.15) is 40.5 Å². The molecule has 1 saturated carbocycles. The van der Waals surface area contributed by atoms with Crippen LogP contribution in [0.25, 0.3) is 0 Å². The zero-order valence-electron chi connectivity index (χ0n) is 11.8. The highest BCUT2D eigenvalue weighted by molar-refractivity contribution is 5.66. The molecule has 104 valence electrons. The minimum Gasteiger partial charge on any atom is -0.466 e. The van der Waals surface area contributed by atoms with Gasteiger partial charge in [0.25, 0.3) is 0 Å². The summed E-state index contributed by atoms with van der Waals surface area (Å²) in [7, 11) is 0. The minimum atomic E-state index is -0.244. The molecule has 0 aromatic rings. The lowest BCUT2D eigenvalue weighted by molar-refractivity contribution is -0.150. The molecule has 0 aromatic heterocycles. The van der Waals surface area contributed by atoms with Gasteiger partial charge in [-0.25, -0.2) is 0 Å². The topological polar surface area (TPSA) is 52.6 Å². The van der Waals surface area contributed by atoms with E-state index in [9.17, 15) is 9.59 Å². The molecule has 1 fully saturated rings. The molecule has 0 saturated heterocycles. The van der Waals surface area contributed by atoms with Crippen molar-refractivity contribution in [1.82, 2.24) is 0 Å². The smallest absolute Gasteiger partial charge is 0.302 e. The van der Waals surface area contributed by atoms with Gasteiger partial charge in [-0.15, -0.1) is 0 Å². The van der Waals surface area contributed by atoms with Gasteiger partial charge in [0.05, 0.1) is 13.2 Å². The van der Waals surface area contributed by atoms with Gasteiger partial charge < -0.3 is 9.47 Å². The molecule has 0 amide bonds. The van der Waals surface area contributed by atoms with E-state index >= 15 is 0 Å². The summed E-state index contributed by atoms with van der Waals surface area (Å²) in [4.78, 5) is 21.9. The molecule has 0 N–H and O–H groups in total. The molecule has 4 nitrogen and oxygen atoms in total. The van der Waals surface area contributed by atoms with Crippen LogP contribution in [-0.2, 0) is 19.1 Å². The Morgan fingerprint density at radius 3 is 1.50 bits per heavy atom. The lowest BCUT2D eigenvalue weighted by Gasteiger charge is -2.39. The van der Waals surface area contributed by atoms with E-state index in [1.807, 2.05) is 0 Å². The maximum atomic E-state index is 10.9. The number of hydrogen-bond donors (Lipinski definition) is 0. The van der Waals surface area contributed by atoms with Gasteiger partial charge in [0.2, 0.25) is 0 Å². The summed E-state index contributed by atoms with van der Waals surface area (Å²) in [6, 6.07) is 0. The first-order chi connectivity index (χ1) is 8.41. The molecule has 0 heterocycles. The van der Waals surface area contributed by atoms with E-state index in [4.69, 9.17) is 9.47 Å². The van der Waals surface area contributed by atoms with Crippen molar-refractivity contribution in [3.8, 4) is 0 Å². The molecule has 0 bridgehead atoms. The maximum absolute atomic E-state index is 10.9. The first kappa shape index (κ1) is 15.0. The Hall–Kier alpha value is -1.06. The molecule has 1 aliphatic carbocycles. The van der Waals surface area contributed by atoms with Gasteiger partial charge in [-0.2, -0.15) is 0 Å². The van der Waals surface area contributed by atoms with Crippen LogP contribution in [0, 0.1) is 23.7 Å². The Labute approximate surface area is 109 Å². The third-order valence-corrected chi connectivity index (χ3v) is 4.05. The van der Waals surface area contributed by atoms with Crippen LogP contribution < -0.4 is 0 Å². The Balaban J connectivity index is 2.63. The molecule has 0 aromatic carbocycles. The van der Waals surface area contributed by atoms with E-state index < -0.39 is 0 Å². The average Bonchev–Trinajstić information content (AvgIpc) is 2.28. The van der Waals surface area contributed by atoms with Crippen molar-refractivity contribution in [3.05, 3.63) is 0 Å². The van der Waals surface area contributed by atoms with Crippen molar-refractivity contribution in [2.24, 2.45) is 23.7 Å². The number of carbonyl (C=O) groups is 2. The Bertz CT molecular complexity index is 270. The average molecular weight is 256 g/mol. The second-order valence-corrected chi connectivity index (χ2v) is 5.46. The molecular weight excluding hydrogens is 232 g/mol. The highest BCUT2D eigenvalue weighted by Gasteiger charge is 2.36. The monoisotopic (exact) mass is 256 g/mol. The van der Waals surface area contributed by atoms with Gasteiger partial charge in [0, 0.05) is 25.7 Å². The SMILES string of the molecule is CC(=O)OC[C@@H]1[C@H](COC(C)=O)[C@@H](C)CC[C@@H]1C. The number of carbonyl (C=O) groups excluding carboxylic acids is 2. The Kier molecular flexibility index (Phi) is 5.63. The summed E-state index contributed by atoms with van der Waals surface area (Å²) in [6.07, 6.45) is 2.29. The summed E-state index contributed by atoms with van der Waals surface area (Å²) in [5.41, 5.74) is 0. The normalized spacial score (nSPS) is 31.8. The molecule has 1 aliphatic rings. The first-order valence-corrected chi connectivity index (χ1v) is 6.68. The van der Waals surface area contributed by atoms with Crippen molar-refractivity contribution in [2.45, 2.75) is 40.5 Å². The molecule has 0 radical (unpaired) electrons. The summed E-state index contributed by atoms with van der Waals surface area (Å²) in [5, 5.41) is 0. The van der Waals surface area contributed by atoms with Gasteiger partial charge in [-0.3, -0.25) is 9.59 Å². The summed E-state index contributed by atoms with van der Waals surface area (Å²) >= 11 is 0. The lowest BCUT2D eigenvalue weighted by atomic mass is 9.68. The fraction of sp³-hybridized carbons (Fsp3) is 0.857. The zero-order valence-corrected chi connectivity index (χ0v) is 11.8. The van der Waals surface area contributed by atoms with Crippen LogP contribution in [0.2, 0.25) is 0 Å². The van der Waals surface area contributed by atoms with Gasteiger partial charge in [0.1, 0.15) is 0 Å². The largest absolute Gasteiger partial charge is 0.466 e. The third-order valence-electron chi connectivity index (χ3n) is 4.05. The van der Waals surface area contributed by atoms with E-state index in [1.165, 1.54) is 13.8 Å². The van der Waals surface area contributed by atoms with Gasteiger partial charge in [-0.1, -0.05) is 26.7 Å². The van der Waals surface area contributed by atoms with E-state index in [-0.39, 0.29) is 23.8 Å². The fourth-order valence-electron chi connectivity index (χ4n) is 2.80. The van der Waals surface area contributed by atoms with Crippen molar-refractivity contribution >= 4 is 11.9 Å². The Morgan fingerprint density at radius 1 is 0.889 bits per heavy atom. The van der Waals surface area contributed by atoms with Gasteiger partial charge in [-0.05, 0) is 11.8 Å². The molecule has 0 spiro atoms. The highest BCUT2D eigenvalue weighted by Crippen LogP contribution is 2.39.